The highest BCUT2D eigenvalue weighted by molar-refractivity contribution is 6.32. The Balaban J connectivity index is 2.20. The van der Waals surface area contributed by atoms with Crippen LogP contribution in [0.25, 0.3) is 0 Å². The summed E-state index contributed by atoms with van der Waals surface area (Å²) in [5.41, 5.74) is 2.25. The van der Waals surface area contributed by atoms with Crippen molar-refractivity contribution in [1.29, 1.82) is 0 Å². The number of ether oxygens (including phenoxy) is 2. The van der Waals surface area contributed by atoms with Crippen LogP contribution in [0.4, 0.5) is 0 Å². The highest BCUT2D eigenvalue weighted by atomic mass is 35.5. The van der Waals surface area contributed by atoms with E-state index in [1.54, 1.807) is 20.4 Å². The van der Waals surface area contributed by atoms with E-state index in [-0.39, 0.29) is 0 Å². The zero-order valence-corrected chi connectivity index (χ0v) is 11.1. The summed E-state index contributed by atoms with van der Waals surface area (Å²) in [6, 6.07) is 9.65. The third-order valence-electron chi connectivity index (χ3n) is 2.63. The fourth-order valence-electron chi connectivity index (χ4n) is 1.73. The minimum atomic E-state index is 0.618. The average molecular weight is 264 g/mol. The Morgan fingerprint density at radius 1 is 1.06 bits per heavy atom. The lowest BCUT2D eigenvalue weighted by atomic mass is 10.1. The SMILES string of the molecule is COc1cc(Cc2ccc(OC)c(Cl)c2)ccn1. The van der Waals surface area contributed by atoms with Crippen molar-refractivity contribution in [2.75, 3.05) is 14.2 Å². The Bertz CT molecular complexity index is 543. The lowest BCUT2D eigenvalue weighted by molar-refractivity contribution is 0.397. The molecule has 1 aromatic heterocycles. The minimum Gasteiger partial charge on any atom is -0.495 e. The molecule has 0 saturated heterocycles. The molecule has 0 aliphatic heterocycles. The minimum absolute atomic E-state index is 0.618. The van der Waals surface area contributed by atoms with Gasteiger partial charge < -0.3 is 9.47 Å². The van der Waals surface area contributed by atoms with Gasteiger partial charge in [-0.05, 0) is 35.7 Å². The van der Waals surface area contributed by atoms with Gasteiger partial charge in [0.2, 0.25) is 5.88 Å². The molecule has 0 radical (unpaired) electrons. The van der Waals surface area contributed by atoms with Crippen LogP contribution in [0.2, 0.25) is 5.02 Å². The van der Waals surface area contributed by atoms with Gasteiger partial charge in [0.05, 0.1) is 19.2 Å². The summed E-state index contributed by atoms with van der Waals surface area (Å²) >= 11 is 6.09. The molecule has 0 unspecified atom stereocenters. The predicted octanol–water partition coefficient (Wildman–Crippen LogP) is 3.34. The van der Waals surface area contributed by atoms with E-state index in [2.05, 4.69) is 4.98 Å². The quantitative estimate of drug-likeness (QED) is 0.848. The van der Waals surface area contributed by atoms with E-state index < -0.39 is 0 Å². The van der Waals surface area contributed by atoms with Gasteiger partial charge in [-0.1, -0.05) is 17.7 Å². The Kier molecular flexibility index (Phi) is 4.05. The summed E-state index contributed by atoms with van der Waals surface area (Å²) in [5, 5.41) is 0.621. The van der Waals surface area contributed by atoms with Crippen molar-refractivity contribution in [3.8, 4) is 11.6 Å². The van der Waals surface area contributed by atoms with Gasteiger partial charge in [-0.2, -0.15) is 0 Å². The number of hydrogen-bond donors (Lipinski definition) is 0. The van der Waals surface area contributed by atoms with E-state index in [1.165, 1.54) is 0 Å². The molecule has 2 rings (SSSR count). The van der Waals surface area contributed by atoms with Gasteiger partial charge in [-0.15, -0.1) is 0 Å². The van der Waals surface area contributed by atoms with E-state index >= 15 is 0 Å². The second kappa shape index (κ2) is 5.74. The predicted molar refractivity (Wildman–Crippen MR) is 71.6 cm³/mol. The number of nitrogens with zero attached hydrogens (tertiary/aromatic N) is 1. The van der Waals surface area contributed by atoms with Crippen molar-refractivity contribution >= 4 is 11.6 Å². The highest BCUT2D eigenvalue weighted by Gasteiger charge is 2.04. The lowest BCUT2D eigenvalue weighted by Crippen LogP contribution is -1.93. The van der Waals surface area contributed by atoms with E-state index in [1.807, 2.05) is 30.3 Å². The second-order valence-corrected chi connectivity index (χ2v) is 4.26. The van der Waals surface area contributed by atoms with Gasteiger partial charge in [0.1, 0.15) is 5.75 Å². The van der Waals surface area contributed by atoms with Crippen LogP contribution in [0.1, 0.15) is 11.1 Å². The van der Waals surface area contributed by atoms with Crippen molar-refractivity contribution in [2.24, 2.45) is 0 Å². The molecule has 0 spiro atoms. The number of pyridine rings is 1. The summed E-state index contributed by atoms with van der Waals surface area (Å²) in [4.78, 5) is 4.08. The number of benzene rings is 1. The molecule has 0 N–H and O–H groups in total. The van der Waals surface area contributed by atoms with Crippen LogP contribution in [-0.2, 0) is 6.42 Å². The first-order chi connectivity index (χ1) is 8.72. The Morgan fingerprint density at radius 3 is 2.50 bits per heavy atom. The molecule has 2 aromatic rings. The van der Waals surface area contributed by atoms with Gasteiger partial charge in [0, 0.05) is 12.3 Å². The molecule has 0 aliphatic carbocycles. The normalized spacial score (nSPS) is 10.2. The average Bonchev–Trinajstić information content (AvgIpc) is 2.39. The number of halogens is 1. The fourth-order valence-corrected chi connectivity index (χ4v) is 2.01. The first kappa shape index (κ1) is 12.7. The van der Waals surface area contributed by atoms with Crippen LogP contribution in [0.3, 0.4) is 0 Å². The third kappa shape index (κ3) is 2.93. The molecular formula is C14H14ClNO2. The molecule has 18 heavy (non-hydrogen) atoms. The topological polar surface area (TPSA) is 31.4 Å². The van der Waals surface area contributed by atoms with E-state index in [0.717, 1.165) is 17.5 Å². The molecule has 0 saturated carbocycles. The van der Waals surface area contributed by atoms with Crippen LogP contribution >= 0.6 is 11.6 Å². The summed E-state index contributed by atoms with van der Waals surface area (Å²) in [7, 11) is 3.21. The van der Waals surface area contributed by atoms with Gasteiger partial charge in [0.25, 0.3) is 0 Å². The lowest BCUT2D eigenvalue weighted by Gasteiger charge is -2.07. The molecule has 94 valence electrons. The van der Waals surface area contributed by atoms with E-state index in [0.29, 0.717) is 16.7 Å². The van der Waals surface area contributed by atoms with Crippen molar-refractivity contribution < 1.29 is 9.47 Å². The molecule has 0 fully saturated rings. The zero-order valence-electron chi connectivity index (χ0n) is 10.3. The molecule has 3 nitrogen and oxygen atoms in total. The number of methoxy groups -OCH3 is 2. The van der Waals surface area contributed by atoms with E-state index in [9.17, 15) is 0 Å². The van der Waals surface area contributed by atoms with Gasteiger partial charge >= 0.3 is 0 Å². The summed E-state index contributed by atoms with van der Waals surface area (Å²) in [6.45, 7) is 0. The first-order valence-electron chi connectivity index (χ1n) is 5.54. The number of hydrogen-bond acceptors (Lipinski definition) is 3. The molecule has 4 heteroatoms. The number of aromatic nitrogens is 1. The molecule has 0 bridgehead atoms. The molecule has 1 aromatic carbocycles. The Labute approximate surface area is 111 Å². The number of rotatable bonds is 4. The van der Waals surface area contributed by atoms with Crippen LogP contribution in [0, 0.1) is 0 Å². The van der Waals surface area contributed by atoms with Gasteiger partial charge in [-0.3, -0.25) is 0 Å². The molecular weight excluding hydrogens is 250 g/mol. The maximum Gasteiger partial charge on any atom is 0.213 e. The second-order valence-electron chi connectivity index (χ2n) is 3.85. The molecule has 1 heterocycles. The zero-order chi connectivity index (χ0) is 13.0. The Hall–Kier alpha value is -1.74. The summed E-state index contributed by atoms with van der Waals surface area (Å²) in [6.07, 6.45) is 2.52. The smallest absolute Gasteiger partial charge is 0.213 e. The standard InChI is InChI=1S/C14H14ClNO2/c1-17-13-4-3-10(8-12(13)15)7-11-5-6-16-14(9-11)18-2/h3-6,8-9H,7H2,1-2H3. The van der Waals surface area contributed by atoms with Crippen molar-refractivity contribution in [3.05, 3.63) is 52.7 Å². The third-order valence-corrected chi connectivity index (χ3v) is 2.93. The van der Waals surface area contributed by atoms with Gasteiger partial charge in [-0.25, -0.2) is 4.98 Å². The maximum atomic E-state index is 6.09. The maximum absolute atomic E-state index is 6.09. The van der Waals surface area contributed by atoms with Gasteiger partial charge in [0.15, 0.2) is 0 Å². The van der Waals surface area contributed by atoms with Crippen LogP contribution < -0.4 is 9.47 Å². The Morgan fingerprint density at radius 2 is 1.83 bits per heavy atom. The van der Waals surface area contributed by atoms with Crippen LogP contribution in [0.5, 0.6) is 11.6 Å². The first-order valence-corrected chi connectivity index (χ1v) is 5.92. The van der Waals surface area contributed by atoms with Crippen molar-refractivity contribution in [2.45, 2.75) is 6.42 Å². The summed E-state index contributed by atoms with van der Waals surface area (Å²) < 4.78 is 10.2. The largest absolute Gasteiger partial charge is 0.495 e. The molecule has 0 aliphatic rings. The van der Waals surface area contributed by atoms with Crippen LogP contribution in [-0.4, -0.2) is 19.2 Å². The van der Waals surface area contributed by atoms with Crippen molar-refractivity contribution in [3.63, 3.8) is 0 Å². The van der Waals surface area contributed by atoms with Crippen LogP contribution in [0.15, 0.2) is 36.5 Å². The molecule has 0 amide bonds. The van der Waals surface area contributed by atoms with Crippen molar-refractivity contribution in [1.82, 2.24) is 4.98 Å². The monoisotopic (exact) mass is 263 g/mol. The highest BCUT2D eigenvalue weighted by Crippen LogP contribution is 2.26. The fraction of sp³-hybridized carbons (Fsp3) is 0.214. The summed E-state index contributed by atoms with van der Waals surface area (Å²) in [5.74, 6) is 1.31. The van der Waals surface area contributed by atoms with E-state index in [4.69, 9.17) is 21.1 Å². The molecule has 0 atom stereocenters.